The van der Waals surface area contributed by atoms with Gasteiger partial charge in [-0.25, -0.2) is 4.98 Å². The Balaban J connectivity index is 1.52. The van der Waals surface area contributed by atoms with E-state index in [0.29, 0.717) is 24.8 Å². The molecule has 1 aliphatic heterocycles. The van der Waals surface area contributed by atoms with Crippen molar-refractivity contribution in [1.29, 1.82) is 0 Å². The lowest BCUT2D eigenvalue weighted by molar-refractivity contribution is -0.117. The molecule has 0 saturated carbocycles. The summed E-state index contributed by atoms with van der Waals surface area (Å²) in [7, 11) is 0. The monoisotopic (exact) mass is 329 g/mol. The fourth-order valence-electron chi connectivity index (χ4n) is 2.31. The molecule has 1 aliphatic rings. The molecule has 1 unspecified atom stereocenters. The van der Waals surface area contributed by atoms with Gasteiger partial charge in [0.25, 0.3) is 0 Å². The summed E-state index contributed by atoms with van der Waals surface area (Å²) in [6.45, 7) is 2.09. The van der Waals surface area contributed by atoms with E-state index in [9.17, 15) is 4.79 Å². The second-order valence-corrected chi connectivity index (χ2v) is 6.16. The van der Waals surface area contributed by atoms with Crippen LogP contribution in [0.1, 0.15) is 17.7 Å². The summed E-state index contributed by atoms with van der Waals surface area (Å²) in [5.41, 5.74) is 1.96. The van der Waals surface area contributed by atoms with Crippen LogP contribution >= 0.6 is 11.3 Å². The van der Waals surface area contributed by atoms with Crippen LogP contribution in [0.15, 0.2) is 35.7 Å². The molecule has 1 fully saturated rings. The molecule has 0 radical (unpaired) electrons. The van der Waals surface area contributed by atoms with Crippen LogP contribution in [-0.4, -0.2) is 36.7 Å². The summed E-state index contributed by atoms with van der Waals surface area (Å²) in [6.07, 6.45) is 4.34. The number of nitrogens with one attached hydrogen (secondary N) is 2. The van der Waals surface area contributed by atoms with Gasteiger partial charge in [0.05, 0.1) is 18.9 Å². The Morgan fingerprint density at radius 2 is 2.26 bits per heavy atom. The normalized spacial score (nSPS) is 18.2. The fraction of sp³-hybridized carbons (Fsp3) is 0.294. The maximum atomic E-state index is 12.0. The van der Waals surface area contributed by atoms with Crippen LogP contribution in [0.2, 0.25) is 0 Å². The number of hydrogen-bond acceptors (Lipinski definition) is 5. The Labute approximate surface area is 139 Å². The largest absolute Gasteiger partial charge is 0.378 e. The Morgan fingerprint density at radius 1 is 1.39 bits per heavy atom. The standard InChI is InChI=1S/C17H19N3O2S/c21-16(10-15-11-22-9-8-18-15)20-17-19-14(12-23-17)7-6-13-4-2-1-3-5-13/h1-7,12,15,18H,8-11H2,(H,19,20,21)/b7-6+. The molecular weight excluding hydrogens is 310 g/mol. The lowest BCUT2D eigenvalue weighted by atomic mass is 10.2. The lowest BCUT2D eigenvalue weighted by Crippen LogP contribution is -2.43. The van der Waals surface area contributed by atoms with Crippen LogP contribution in [0.3, 0.4) is 0 Å². The van der Waals surface area contributed by atoms with E-state index >= 15 is 0 Å². The van der Waals surface area contributed by atoms with E-state index in [0.717, 1.165) is 17.8 Å². The van der Waals surface area contributed by atoms with Gasteiger partial charge in [-0.05, 0) is 11.6 Å². The molecule has 0 aliphatic carbocycles. The molecule has 2 N–H and O–H groups in total. The Bertz CT molecular complexity index is 663. The van der Waals surface area contributed by atoms with Crippen LogP contribution in [0.4, 0.5) is 5.13 Å². The number of benzene rings is 1. The first-order valence-electron chi connectivity index (χ1n) is 7.59. The first-order valence-corrected chi connectivity index (χ1v) is 8.47. The van der Waals surface area contributed by atoms with Crippen LogP contribution in [-0.2, 0) is 9.53 Å². The van der Waals surface area contributed by atoms with Gasteiger partial charge in [0.1, 0.15) is 0 Å². The summed E-state index contributed by atoms with van der Waals surface area (Å²) < 4.78 is 5.35. The van der Waals surface area contributed by atoms with Crippen molar-refractivity contribution in [3.05, 3.63) is 47.0 Å². The third-order valence-corrected chi connectivity index (χ3v) is 4.22. The molecule has 120 valence electrons. The third kappa shape index (κ3) is 4.99. The van der Waals surface area contributed by atoms with E-state index in [4.69, 9.17) is 4.74 Å². The number of morpholine rings is 1. The number of aromatic nitrogens is 1. The van der Waals surface area contributed by atoms with E-state index in [1.807, 2.05) is 47.9 Å². The molecule has 1 saturated heterocycles. The second-order valence-electron chi connectivity index (χ2n) is 5.30. The Hall–Kier alpha value is -2.02. The first kappa shape index (κ1) is 15.9. The van der Waals surface area contributed by atoms with E-state index in [1.54, 1.807) is 0 Å². The molecule has 1 aromatic carbocycles. The number of carbonyl (C=O) groups is 1. The van der Waals surface area contributed by atoms with Crippen LogP contribution in [0.5, 0.6) is 0 Å². The minimum absolute atomic E-state index is 0.0408. The number of carbonyl (C=O) groups excluding carboxylic acids is 1. The van der Waals surface area contributed by atoms with E-state index in [2.05, 4.69) is 15.6 Å². The number of anilines is 1. The highest BCUT2D eigenvalue weighted by atomic mass is 32.1. The van der Waals surface area contributed by atoms with Crippen LogP contribution in [0.25, 0.3) is 12.2 Å². The van der Waals surface area contributed by atoms with Gasteiger partial charge in [0.15, 0.2) is 5.13 Å². The highest BCUT2D eigenvalue weighted by molar-refractivity contribution is 7.14. The van der Waals surface area contributed by atoms with Gasteiger partial charge in [0, 0.05) is 24.4 Å². The number of rotatable bonds is 5. The predicted molar refractivity (Wildman–Crippen MR) is 93.3 cm³/mol. The molecule has 6 heteroatoms. The molecule has 0 bridgehead atoms. The molecular formula is C17H19N3O2S. The zero-order valence-corrected chi connectivity index (χ0v) is 13.5. The van der Waals surface area contributed by atoms with Gasteiger partial charge in [-0.3, -0.25) is 4.79 Å². The smallest absolute Gasteiger partial charge is 0.227 e. The summed E-state index contributed by atoms with van der Waals surface area (Å²) in [4.78, 5) is 16.4. The van der Waals surface area contributed by atoms with E-state index in [-0.39, 0.29) is 11.9 Å². The topological polar surface area (TPSA) is 63.2 Å². The predicted octanol–water partition coefficient (Wildman–Crippen LogP) is 2.63. The minimum Gasteiger partial charge on any atom is -0.378 e. The Morgan fingerprint density at radius 3 is 3.04 bits per heavy atom. The van der Waals surface area contributed by atoms with Crippen molar-refractivity contribution in [1.82, 2.24) is 10.3 Å². The average Bonchev–Trinajstić information content (AvgIpc) is 3.02. The van der Waals surface area contributed by atoms with Gasteiger partial charge in [-0.15, -0.1) is 11.3 Å². The number of nitrogens with zero attached hydrogens (tertiary/aromatic N) is 1. The molecule has 1 amide bonds. The van der Waals surface area contributed by atoms with Crippen molar-refractivity contribution < 1.29 is 9.53 Å². The van der Waals surface area contributed by atoms with Crippen molar-refractivity contribution in [2.75, 3.05) is 25.1 Å². The SMILES string of the molecule is O=C(CC1COCCN1)Nc1nc(/C=C/c2ccccc2)cs1. The molecule has 1 atom stereocenters. The average molecular weight is 329 g/mol. The summed E-state index contributed by atoms with van der Waals surface area (Å²) in [6, 6.07) is 10.1. The van der Waals surface area contributed by atoms with Crippen LogP contribution in [0, 0.1) is 0 Å². The van der Waals surface area contributed by atoms with E-state index < -0.39 is 0 Å². The van der Waals surface area contributed by atoms with Gasteiger partial charge in [-0.2, -0.15) is 0 Å². The number of amides is 1. The van der Waals surface area contributed by atoms with Gasteiger partial charge >= 0.3 is 0 Å². The van der Waals surface area contributed by atoms with Crippen molar-refractivity contribution >= 4 is 34.5 Å². The zero-order chi connectivity index (χ0) is 15.9. The summed E-state index contributed by atoms with van der Waals surface area (Å²) in [5, 5.41) is 8.66. The molecule has 5 nitrogen and oxygen atoms in total. The molecule has 0 spiro atoms. The number of hydrogen-bond donors (Lipinski definition) is 2. The van der Waals surface area contributed by atoms with Gasteiger partial charge in [-0.1, -0.05) is 36.4 Å². The molecule has 1 aromatic heterocycles. The van der Waals surface area contributed by atoms with Crippen molar-refractivity contribution in [3.8, 4) is 0 Å². The van der Waals surface area contributed by atoms with Crippen molar-refractivity contribution in [2.45, 2.75) is 12.5 Å². The molecule has 3 rings (SSSR count). The van der Waals surface area contributed by atoms with Gasteiger partial charge < -0.3 is 15.4 Å². The third-order valence-electron chi connectivity index (χ3n) is 3.44. The highest BCUT2D eigenvalue weighted by Crippen LogP contribution is 2.18. The Kier molecular flexibility index (Phi) is 5.52. The number of ether oxygens (including phenoxy) is 1. The minimum atomic E-state index is -0.0408. The maximum absolute atomic E-state index is 12.0. The molecule has 2 heterocycles. The highest BCUT2D eigenvalue weighted by Gasteiger charge is 2.17. The fourth-order valence-corrected chi connectivity index (χ4v) is 3.01. The number of thiazole rings is 1. The second kappa shape index (κ2) is 8.01. The molecule has 23 heavy (non-hydrogen) atoms. The van der Waals surface area contributed by atoms with Crippen molar-refractivity contribution in [3.63, 3.8) is 0 Å². The summed E-state index contributed by atoms with van der Waals surface area (Å²) >= 11 is 1.43. The first-order chi connectivity index (χ1) is 11.3. The van der Waals surface area contributed by atoms with Crippen LogP contribution < -0.4 is 10.6 Å². The van der Waals surface area contributed by atoms with Crippen molar-refractivity contribution in [2.24, 2.45) is 0 Å². The maximum Gasteiger partial charge on any atom is 0.227 e. The summed E-state index contributed by atoms with van der Waals surface area (Å²) in [5.74, 6) is -0.0408. The molecule has 2 aromatic rings. The quantitative estimate of drug-likeness (QED) is 0.885. The zero-order valence-electron chi connectivity index (χ0n) is 12.7. The lowest BCUT2D eigenvalue weighted by Gasteiger charge is -2.22. The van der Waals surface area contributed by atoms with E-state index in [1.165, 1.54) is 11.3 Å². The van der Waals surface area contributed by atoms with Gasteiger partial charge in [0.2, 0.25) is 5.91 Å².